The molecule has 4 rings (SSSR count). The molecule has 1 aliphatic rings. The lowest BCUT2D eigenvalue weighted by molar-refractivity contribution is -0.126. The highest BCUT2D eigenvalue weighted by Gasteiger charge is 2.36. The van der Waals surface area contributed by atoms with Crippen molar-refractivity contribution in [2.45, 2.75) is 18.9 Å². The first-order chi connectivity index (χ1) is 15.1. The van der Waals surface area contributed by atoms with Crippen molar-refractivity contribution in [3.05, 3.63) is 78.6 Å². The zero-order valence-electron chi connectivity index (χ0n) is 16.9. The van der Waals surface area contributed by atoms with Crippen molar-refractivity contribution in [1.82, 2.24) is 9.88 Å². The van der Waals surface area contributed by atoms with Gasteiger partial charge in [-0.3, -0.25) is 19.5 Å². The third kappa shape index (κ3) is 5.24. The van der Waals surface area contributed by atoms with Gasteiger partial charge in [-0.05, 0) is 59.9 Å². The number of carbonyl (C=O) groups excluding carboxylic acids is 2. The minimum absolute atomic E-state index is 0.160. The fraction of sp³-hybridized carbons (Fsp3) is 0.208. The molecular formula is C24H23N3O3S. The van der Waals surface area contributed by atoms with Gasteiger partial charge in [0.25, 0.3) is 5.24 Å². The number of anilines is 1. The second kappa shape index (κ2) is 9.66. The number of imide groups is 1. The number of carbonyl (C=O) groups is 2. The van der Waals surface area contributed by atoms with Gasteiger partial charge in [-0.25, -0.2) is 0 Å². The molecule has 31 heavy (non-hydrogen) atoms. The van der Waals surface area contributed by atoms with E-state index in [1.165, 1.54) is 4.90 Å². The minimum Gasteiger partial charge on any atom is -0.491 e. The average Bonchev–Trinajstić information content (AvgIpc) is 3.13. The highest BCUT2D eigenvalue weighted by molar-refractivity contribution is 8.14. The number of benzene rings is 2. The Morgan fingerprint density at radius 3 is 2.58 bits per heavy atom. The number of ether oxygens (including phenoxy) is 1. The van der Waals surface area contributed by atoms with E-state index in [1.807, 2.05) is 60.7 Å². The smallest absolute Gasteiger partial charge is 0.289 e. The van der Waals surface area contributed by atoms with Gasteiger partial charge in [-0.15, -0.1) is 0 Å². The first kappa shape index (κ1) is 20.9. The number of nitrogens with zero attached hydrogens (tertiary/aromatic N) is 2. The zero-order valence-corrected chi connectivity index (χ0v) is 17.8. The van der Waals surface area contributed by atoms with Gasteiger partial charge in [0, 0.05) is 18.1 Å². The summed E-state index contributed by atoms with van der Waals surface area (Å²) in [5.41, 5.74) is 9.71. The molecule has 0 aliphatic carbocycles. The maximum Gasteiger partial charge on any atom is 0.289 e. The van der Waals surface area contributed by atoms with Gasteiger partial charge in [0.15, 0.2) is 0 Å². The Bertz CT molecular complexity index is 1040. The molecule has 1 saturated heterocycles. The maximum absolute atomic E-state index is 12.3. The summed E-state index contributed by atoms with van der Waals surface area (Å²) >= 11 is 1.05. The van der Waals surface area contributed by atoms with Crippen molar-refractivity contribution in [2.24, 2.45) is 0 Å². The van der Waals surface area contributed by atoms with Gasteiger partial charge in [0.05, 0.1) is 11.8 Å². The van der Waals surface area contributed by atoms with Crippen LogP contribution in [0.5, 0.6) is 5.75 Å². The maximum atomic E-state index is 12.3. The predicted octanol–water partition coefficient (Wildman–Crippen LogP) is 4.41. The van der Waals surface area contributed by atoms with Crippen LogP contribution in [-0.4, -0.2) is 39.4 Å². The lowest BCUT2D eigenvalue weighted by Gasteiger charge is -2.25. The third-order valence-corrected chi connectivity index (χ3v) is 5.99. The summed E-state index contributed by atoms with van der Waals surface area (Å²) in [5, 5.41) is -0.207. The number of pyridine rings is 1. The van der Waals surface area contributed by atoms with Crippen molar-refractivity contribution < 1.29 is 14.3 Å². The number of nitrogens with two attached hydrogens (primary N) is 1. The van der Waals surface area contributed by atoms with Crippen LogP contribution in [0, 0.1) is 0 Å². The van der Waals surface area contributed by atoms with Crippen LogP contribution in [0.3, 0.4) is 0 Å². The Balaban J connectivity index is 1.44. The molecule has 1 aromatic heterocycles. The Hall–Kier alpha value is -3.32. The fourth-order valence-corrected chi connectivity index (χ4v) is 4.31. The highest BCUT2D eigenvalue weighted by atomic mass is 32.2. The van der Waals surface area contributed by atoms with E-state index in [4.69, 9.17) is 10.5 Å². The molecule has 0 saturated carbocycles. The van der Waals surface area contributed by atoms with Gasteiger partial charge >= 0.3 is 0 Å². The summed E-state index contributed by atoms with van der Waals surface area (Å²) in [6.07, 6.45) is 4.85. The summed E-state index contributed by atoms with van der Waals surface area (Å²) < 4.78 is 5.98. The molecule has 0 bridgehead atoms. The van der Waals surface area contributed by atoms with Crippen LogP contribution in [0.4, 0.5) is 10.5 Å². The van der Waals surface area contributed by atoms with E-state index in [0.29, 0.717) is 24.3 Å². The number of hydrogen-bond acceptors (Lipinski definition) is 6. The lowest BCUT2D eigenvalue weighted by Crippen LogP contribution is -2.43. The molecule has 0 unspecified atom stereocenters. The molecule has 7 heteroatoms. The van der Waals surface area contributed by atoms with Crippen molar-refractivity contribution in [3.8, 4) is 16.9 Å². The number of rotatable bonds is 8. The Labute approximate surface area is 185 Å². The highest BCUT2D eigenvalue weighted by Crippen LogP contribution is 2.26. The summed E-state index contributed by atoms with van der Waals surface area (Å²) in [5.74, 6) is 0.717. The SMILES string of the molecule is Nc1cccc(-c2ccc(OC[C@H](CCc3cccnc3)N3C(=O)CSC3=O)cc2)c1. The number of nitrogen functional groups attached to an aromatic ring is 1. The third-order valence-electron chi connectivity index (χ3n) is 5.16. The number of aryl methyl sites for hydroxylation is 1. The Morgan fingerprint density at radius 2 is 1.90 bits per heavy atom. The standard InChI is InChI=1S/C24H23N3O3S/c25-20-5-1-4-19(13-20)18-7-10-22(11-8-18)30-15-21(27-23(28)16-31-24(27)29)9-6-17-3-2-12-26-14-17/h1-5,7-8,10-14,21H,6,9,15-16,25H2/t21-/m0/s1. The van der Waals surface area contributed by atoms with Crippen LogP contribution in [0.2, 0.25) is 0 Å². The molecule has 1 aliphatic heterocycles. The quantitative estimate of drug-likeness (QED) is 0.530. The molecule has 1 fully saturated rings. The molecule has 2 aromatic carbocycles. The summed E-state index contributed by atoms with van der Waals surface area (Å²) in [6.45, 7) is 0.246. The van der Waals surface area contributed by atoms with E-state index >= 15 is 0 Å². The zero-order chi connectivity index (χ0) is 21.6. The van der Waals surface area contributed by atoms with Gasteiger partial charge in [-0.2, -0.15) is 0 Å². The molecule has 1 atom stereocenters. The summed E-state index contributed by atoms with van der Waals surface area (Å²) in [6, 6.07) is 19.0. The van der Waals surface area contributed by atoms with Gasteiger partial charge in [0.2, 0.25) is 5.91 Å². The van der Waals surface area contributed by atoms with Gasteiger partial charge < -0.3 is 10.5 Å². The van der Waals surface area contributed by atoms with E-state index < -0.39 is 0 Å². The second-order valence-corrected chi connectivity index (χ2v) is 8.26. The molecule has 2 amide bonds. The van der Waals surface area contributed by atoms with Crippen LogP contribution in [0.1, 0.15) is 12.0 Å². The molecule has 3 aromatic rings. The summed E-state index contributed by atoms with van der Waals surface area (Å²) in [7, 11) is 0. The van der Waals surface area contributed by atoms with Gasteiger partial charge in [-0.1, -0.05) is 42.1 Å². The number of aromatic nitrogens is 1. The van der Waals surface area contributed by atoms with Crippen molar-refractivity contribution in [3.63, 3.8) is 0 Å². The van der Waals surface area contributed by atoms with Crippen LogP contribution >= 0.6 is 11.8 Å². The predicted molar refractivity (Wildman–Crippen MR) is 123 cm³/mol. The first-order valence-electron chi connectivity index (χ1n) is 10.1. The van der Waals surface area contributed by atoms with E-state index in [2.05, 4.69) is 4.98 Å². The van der Waals surface area contributed by atoms with E-state index in [9.17, 15) is 9.59 Å². The molecular weight excluding hydrogens is 410 g/mol. The van der Waals surface area contributed by atoms with Crippen LogP contribution < -0.4 is 10.5 Å². The molecule has 2 N–H and O–H groups in total. The van der Waals surface area contributed by atoms with Gasteiger partial charge in [0.1, 0.15) is 12.4 Å². The molecule has 158 valence electrons. The van der Waals surface area contributed by atoms with Crippen LogP contribution in [0.25, 0.3) is 11.1 Å². The van der Waals surface area contributed by atoms with Crippen LogP contribution in [0.15, 0.2) is 73.1 Å². The Morgan fingerprint density at radius 1 is 1.06 bits per heavy atom. The van der Waals surface area contributed by atoms with Crippen molar-refractivity contribution >= 4 is 28.6 Å². The number of thioether (sulfide) groups is 1. The number of hydrogen-bond donors (Lipinski definition) is 1. The van der Waals surface area contributed by atoms with Crippen molar-refractivity contribution in [2.75, 3.05) is 18.1 Å². The first-order valence-corrected chi connectivity index (χ1v) is 11.1. The van der Waals surface area contributed by atoms with E-state index in [1.54, 1.807) is 12.4 Å². The largest absolute Gasteiger partial charge is 0.491 e. The Kier molecular flexibility index (Phi) is 6.52. The molecule has 0 spiro atoms. The monoisotopic (exact) mass is 433 g/mol. The summed E-state index contributed by atoms with van der Waals surface area (Å²) in [4.78, 5) is 30.0. The lowest BCUT2D eigenvalue weighted by atomic mass is 10.0. The normalized spacial score (nSPS) is 14.6. The molecule has 6 nitrogen and oxygen atoms in total. The molecule has 0 radical (unpaired) electrons. The van der Waals surface area contributed by atoms with Crippen LogP contribution in [-0.2, 0) is 11.2 Å². The van der Waals surface area contributed by atoms with Crippen molar-refractivity contribution in [1.29, 1.82) is 0 Å². The minimum atomic E-state index is -0.330. The van der Waals surface area contributed by atoms with E-state index in [0.717, 1.165) is 28.5 Å². The average molecular weight is 434 g/mol. The number of amides is 2. The molecule has 2 heterocycles. The van der Waals surface area contributed by atoms with E-state index in [-0.39, 0.29) is 29.5 Å². The fourth-order valence-electron chi connectivity index (χ4n) is 3.54. The topological polar surface area (TPSA) is 85.5 Å². The second-order valence-electron chi connectivity index (χ2n) is 7.33.